The van der Waals surface area contributed by atoms with Crippen LogP contribution in [-0.2, 0) is 13.0 Å². The molecule has 32 heavy (non-hydrogen) atoms. The van der Waals surface area contributed by atoms with Crippen LogP contribution in [0.3, 0.4) is 0 Å². The van der Waals surface area contributed by atoms with Gasteiger partial charge in [0.15, 0.2) is 0 Å². The molecule has 0 bridgehead atoms. The first-order valence-electron chi connectivity index (χ1n) is 10.7. The average Bonchev–Trinajstić information content (AvgIpc) is 2.82. The fourth-order valence-corrected chi connectivity index (χ4v) is 3.64. The van der Waals surface area contributed by atoms with Crippen LogP contribution < -0.4 is 15.8 Å². The van der Waals surface area contributed by atoms with Crippen LogP contribution in [0.5, 0.6) is 5.75 Å². The van der Waals surface area contributed by atoms with Crippen molar-refractivity contribution in [2.45, 2.75) is 33.8 Å². The van der Waals surface area contributed by atoms with E-state index in [1.807, 2.05) is 62.4 Å². The van der Waals surface area contributed by atoms with Gasteiger partial charge in [0.1, 0.15) is 12.4 Å². The number of fused-ring (bicyclic) bond motifs is 1. The number of benzene rings is 3. The monoisotopic (exact) mass is 425 g/mol. The largest absolute Gasteiger partial charge is 0.489 e. The van der Waals surface area contributed by atoms with Crippen LogP contribution in [0.25, 0.3) is 10.9 Å². The van der Waals surface area contributed by atoms with Crippen molar-refractivity contribution >= 4 is 28.2 Å². The highest BCUT2D eigenvalue weighted by Crippen LogP contribution is 2.28. The van der Waals surface area contributed by atoms with Crippen molar-refractivity contribution in [2.24, 2.45) is 0 Å². The Morgan fingerprint density at radius 3 is 2.53 bits per heavy atom. The molecular formula is C27H27N3O2. The standard InChI is InChI=1S/C27H27N3O2/c1-4-19-9-12-22(13-10-19)32-16-20-7-5-6-8-23(20)27(31)30-21-11-14-25-24(15-21)26(28)17(2)18(3)29-25/h5-15H,4,16H2,1-3H3,(H2,28,29)(H,30,31). The number of amides is 1. The first kappa shape index (κ1) is 21.4. The molecule has 1 heterocycles. The van der Waals surface area contributed by atoms with Crippen LogP contribution in [0.1, 0.15) is 39.7 Å². The molecule has 4 aromatic rings. The van der Waals surface area contributed by atoms with Crippen molar-refractivity contribution in [3.05, 3.63) is 94.7 Å². The zero-order chi connectivity index (χ0) is 22.7. The molecule has 0 aliphatic carbocycles. The number of rotatable bonds is 6. The molecule has 0 fully saturated rings. The molecular weight excluding hydrogens is 398 g/mol. The molecule has 4 rings (SSSR count). The summed E-state index contributed by atoms with van der Waals surface area (Å²) in [4.78, 5) is 17.6. The van der Waals surface area contributed by atoms with E-state index in [2.05, 4.69) is 29.4 Å². The van der Waals surface area contributed by atoms with E-state index >= 15 is 0 Å². The quantitative estimate of drug-likeness (QED) is 0.408. The highest BCUT2D eigenvalue weighted by molar-refractivity contribution is 6.06. The third-order valence-corrected chi connectivity index (χ3v) is 5.77. The van der Waals surface area contributed by atoms with Crippen molar-refractivity contribution in [3.63, 3.8) is 0 Å². The number of anilines is 2. The predicted octanol–water partition coefficient (Wildman–Crippen LogP) is 5.83. The normalized spacial score (nSPS) is 10.8. The van der Waals surface area contributed by atoms with Crippen molar-refractivity contribution in [1.82, 2.24) is 4.98 Å². The first-order valence-corrected chi connectivity index (χ1v) is 10.7. The van der Waals surface area contributed by atoms with Gasteiger partial charge in [-0.15, -0.1) is 0 Å². The number of aromatic nitrogens is 1. The Hall–Kier alpha value is -3.86. The number of ether oxygens (including phenoxy) is 1. The van der Waals surface area contributed by atoms with Gasteiger partial charge >= 0.3 is 0 Å². The Bertz CT molecular complexity index is 1280. The highest BCUT2D eigenvalue weighted by atomic mass is 16.5. The zero-order valence-corrected chi connectivity index (χ0v) is 18.6. The summed E-state index contributed by atoms with van der Waals surface area (Å²) in [5.74, 6) is 0.584. The summed E-state index contributed by atoms with van der Waals surface area (Å²) in [5.41, 5.74) is 13.0. The second-order valence-electron chi connectivity index (χ2n) is 7.87. The molecule has 3 aromatic carbocycles. The molecule has 0 radical (unpaired) electrons. The van der Waals surface area contributed by atoms with Gasteiger partial charge in [0.05, 0.1) is 5.52 Å². The molecule has 0 aliphatic heterocycles. The van der Waals surface area contributed by atoms with E-state index < -0.39 is 0 Å². The van der Waals surface area contributed by atoms with E-state index in [1.165, 1.54) is 5.56 Å². The fraction of sp³-hybridized carbons (Fsp3) is 0.185. The molecule has 0 saturated heterocycles. The van der Waals surface area contributed by atoms with E-state index in [4.69, 9.17) is 10.5 Å². The molecule has 162 valence electrons. The minimum atomic E-state index is -0.194. The van der Waals surface area contributed by atoms with Crippen molar-refractivity contribution in [2.75, 3.05) is 11.1 Å². The third-order valence-electron chi connectivity index (χ3n) is 5.77. The van der Waals surface area contributed by atoms with Gasteiger partial charge in [0.2, 0.25) is 0 Å². The number of nitrogens with two attached hydrogens (primary N) is 1. The molecule has 5 heteroatoms. The molecule has 0 atom stereocenters. The van der Waals surface area contributed by atoms with Gasteiger partial charge in [-0.1, -0.05) is 37.3 Å². The Morgan fingerprint density at radius 2 is 1.78 bits per heavy atom. The van der Waals surface area contributed by atoms with Crippen molar-refractivity contribution < 1.29 is 9.53 Å². The van der Waals surface area contributed by atoms with Gasteiger partial charge < -0.3 is 15.8 Å². The maximum absolute atomic E-state index is 13.1. The van der Waals surface area contributed by atoms with E-state index in [0.717, 1.165) is 39.9 Å². The number of carbonyl (C=O) groups is 1. The number of aryl methyl sites for hydroxylation is 2. The minimum absolute atomic E-state index is 0.194. The summed E-state index contributed by atoms with van der Waals surface area (Å²) in [6.07, 6.45) is 0.985. The van der Waals surface area contributed by atoms with Crippen LogP contribution in [0, 0.1) is 13.8 Å². The van der Waals surface area contributed by atoms with Crippen LogP contribution >= 0.6 is 0 Å². The first-order chi connectivity index (χ1) is 15.5. The number of nitrogens with zero attached hydrogens (tertiary/aromatic N) is 1. The SMILES string of the molecule is CCc1ccc(OCc2ccccc2C(=O)Nc2ccc3nc(C)c(C)c(N)c3c2)cc1. The lowest BCUT2D eigenvalue weighted by Crippen LogP contribution is -2.15. The van der Waals surface area contributed by atoms with Gasteiger partial charge in [0, 0.05) is 33.6 Å². The lowest BCUT2D eigenvalue weighted by molar-refractivity contribution is 0.102. The van der Waals surface area contributed by atoms with Crippen molar-refractivity contribution in [3.8, 4) is 5.75 Å². The molecule has 0 unspecified atom stereocenters. The number of hydrogen-bond acceptors (Lipinski definition) is 4. The van der Waals surface area contributed by atoms with Crippen LogP contribution in [0.15, 0.2) is 66.7 Å². The Balaban J connectivity index is 1.53. The summed E-state index contributed by atoms with van der Waals surface area (Å²) < 4.78 is 5.93. The fourth-order valence-electron chi connectivity index (χ4n) is 3.64. The average molecular weight is 426 g/mol. The Kier molecular flexibility index (Phi) is 6.08. The highest BCUT2D eigenvalue weighted by Gasteiger charge is 2.13. The number of pyridine rings is 1. The zero-order valence-electron chi connectivity index (χ0n) is 18.6. The maximum Gasteiger partial charge on any atom is 0.256 e. The lowest BCUT2D eigenvalue weighted by Gasteiger charge is -2.13. The summed E-state index contributed by atoms with van der Waals surface area (Å²) in [5, 5.41) is 3.82. The lowest BCUT2D eigenvalue weighted by atomic mass is 10.1. The van der Waals surface area contributed by atoms with Gasteiger partial charge in [-0.3, -0.25) is 9.78 Å². The Morgan fingerprint density at radius 1 is 1.03 bits per heavy atom. The van der Waals surface area contributed by atoms with E-state index in [9.17, 15) is 4.79 Å². The maximum atomic E-state index is 13.1. The number of nitrogens with one attached hydrogen (secondary N) is 1. The van der Waals surface area contributed by atoms with Gasteiger partial charge in [-0.2, -0.15) is 0 Å². The number of carbonyl (C=O) groups excluding carboxylic acids is 1. The molecule has 1 aromatic heterocycles. The second kappa shape index (κ2) is 9.10. The molecule has 0 saturated carbocycles. The topological polar surface area (TPSA) is 77.2 Å². The van der Waals surface area contributed by atoms with Gasteiger partial charge in [-0.05, 0) is 67.8 Å². The predicted molar refractivity (Wildman–Crippen MR) is 130 cm³/mol. The van der Waals surface area contributed by atoms with Crippen LogP contribution in [0.4, 0.5) is 11.4 Å². The van der Waals surface area contributed by atoms with E-state index in [-0.39, 0.29) is 5.91 Å². The summed E-state index contributed by atoms with van der Waals surface area (Å²) in [6.45, 7) is 6.32. The van der Waals surface area contributed by atoms with Crippen LogP contribution in [-0.4, -0.2) is 10.9 Å². The van der Waals surface area contributed by atoms with Crippen molar-refractivity contribution in [1.29, 1.82) is 0 Å². The Labute approximate surface area is 188 Å². The van der Waals surface area contributed by atoms with E-state index in [0.29, 0.717) is 23.5 Å². The van der Waals surface area contributed by atoms with Gasteiger partial charge in [-0.25, -0.2) is 0 Å². The third kappa shape index (κ3) is 4.42. The minimum Gasteiger partial charge on any atom is -0.489 e. The van der Waals surface area contributed by atoms with Gasteiger partial charge in [0.25, 0.3) is 5.91 Å². The second-order valence-corrected chi connectivity index (χ2v) is 7.87. The smallest absolute Gasteiger partial charge is 0.256 e. The van der Waals surface area contributed by atoms with Crippen LogP contribution in [0.2, 0.25) is 0 Å². The number of hydrogen-bond donors (Lipinski definition) is 2. The molecule has 3 N–H and O–H groups in total. The molecule has 1 amide bonds. The number of nitrogen functional groups attached to an aromatic ring is 1. The van der Waals surface area contributed by atoms with E-state index in [1.54, 1.807) is 6.07 Å². The molecule has 5 nitrogen and oxygen atoms in total. The summed E-state index contributed by atoms with van der Waals surface area (Å²) in [6, 6.07) is 21.1. The summed E-state index contributed by atoms with van der Waals surface area (Å²) >= 11 is 0. The molecule has 0 aliphatic rings. The molecule has 0 spiro atoms. The summed E-state index contributed by atoms with van der Waals surface area (Å²) in [7, 11) is 0.